The summed E-state index contributed by atoms with van der Waals surface area (Å²) in [6.07, 6.45) is 1.95. The van der Waals surface area contributed by atoms with Crippen LogP contribution in [0.2, 0.25) is 0 Å². The smallest absolute Gasteiger partial charge is 0.137 e. The molecule has 0 aliphatic rings. The molecule has 0 aliphatic carbocycles. The third kappa shape index (κ3) is 1.84. The van der Waals surface area contributed by atoms with Gasteiger partial charge in [0.2, 0.25) is 0 Å². The number of hydrogen-bond donors (Lipinski definition) is 1. The van der Waals surface area contributed by atoms with Crippen molar-refractivity contribution in [2.75, 3.05) is 0 Å². The van der Waals surface area contributed by atoms with E-state index in [1.54, 1.807) is 0 Å². The van der Waals surface area contributed by atoms with Gasteiger partial charge in [-0.15, -0.1) is 0 Å². The fraction of sp³-hybridized carbons (Fsp3) is 0.500. The molecule has 2 rings (SSSR count). The molecule has 0 fully saturated rings. The van der Waals surface area contributed by atoms with E-state index in [1.807, 2.05) is 6.20 Å². The normalized spacial score (nSPS) is 12.6. The molecule has 86 valence electrons. The summed E-state index contributed by atoms with van der Waals surface area (Å²) in [6.45, 7) is 11.1. The van der Waals surface area contributed by atoms with Gasteiger partial charge in [0.25, 0.3) is 0 Å². The van der Waals surface area contributed by atoms with Gasteiger partial charge in [-0.05, 0) is 23.6 Å². The van der Waals surface area contributed by atoms with Crippen LogP contribution in [-0.2, 0) is 5.41 Å². The van der Waals surface area contributed by atoms with E-state index in [9.17, 15) is 0 Å². The Balaban J connectivity index is 2.72. The molecule has 0 amide bonds. The standard InChI is InChI=1S/C14H20N2/c1-9(2)11-8-10-6-7-15-13(10)16-12(11)14(3,4)5/h6-9H,1-5H3,(H,15,16). The average Bonchev–Trinajstić information content (AvgIpc) is 2.60. The fourth-order valence-electron chi connectivity index (χ4n) is 2.04. The van der Waals surface area contributed by atoms with Crippen molar-refractivity contribution in [3.8, 4) is 0 Å². The third-order valence-corrected chi connectivity index (χ3v) is 2.90. The van der Waals surface area contributed by atoms with E-state index >= 15 is 0 Å². The van der Waals surface area contributed by atoms with Crippen molar-refractivity contribution in [1.82, 2.24) is 9.97 Å². The van der Waals surface area contributed by atoms with Crippen molar-refractivity contribution in [2.45, 2.75) is 46.0 Å². The molecule has 1 N–H and O–H groups in total. The number of fused-ring (bicyclic) bond motifs is 1. The lowest BCUT2D eigenvalue weighted by molar-refractivity contribution is 0.557. The molecule has 0 aromatic carbocycles. The summed E-state index contributed by atoms with van der Waals surface area (Å²) in [4.78, 5) is 7.96. The zero-order chi connectivity index (χ0) is 11.9. The molecule has 16 heavy (non-hydrogen) atoms. The Morgan fingerprint density at radius 1 is 1.25 bits per heavy atom. The predicted molar refractivity (Wildman–Crippen MR) is 68.9 cm³/mol. The van der Waals surface area contributed by atoms with Crippen LogP contribution >= 0.6 is 0 Å². The lowest BCUT2D eigenvalue weighted by atomic mass is 9.84. The van der Waals surface area contributed by atoms with Crippen molar-refractivity contribution in [3.05, 3.63) is 29.6 Å². The van der Waals surface area contributed by atoms with Gasteiger partial charge in [-0.1, -0.05) is 34.6 Å². The van der Waals surface area contributed by atoms with Gasteiger partial charge in [0.15, 0.2) is 0 Å². The van der Waals surface area contributed by atoms with Gasteiger partial charge in [-0.25, -0.2) is 4.98 Å². The zero-order valence-corrected chi connectivity index (χ0v) is 10.8. The van der Waals surface area contributed by atoms with Crippen molar-refractivity contribution in [1.29, 1.82) is 0 Å². The number of aromatic nitrogens is 2. The van der Waals surface area contributed by atoms with Gasteiger partial charge in [0.05, 0.1) is 5.69 Å². The van der Waals surface area contributed by atoms with Gasteiger partial charge in [-0.2, -0.15) is 0 Å². The SMILES string of the molecule is CC(C)c1cc2cc[nH]c2nc1C(C)(C)C. The lowest BCUT2D eigenvalue weighted by Crippen LogP contribution is -2.17. The lowest BCUT2D eigenvalue weighted by Gasteiger charge is -2.23. The molecule has 0 spiro atoms. The molecule has 0 bridgehead atoms. The van der Waals surface area contributed by atoms with Crippen LogP contribution in [-0.4, -0.2) is 9.97 Å². The van der Waals surface area contributed by atoms with Crippen LogP contribution in [0.25, 0.3) is 11.0 Å². The van der Waals surface area contributed by atoms with Crippen LogP contribution in [0.1, 0.15) is 51.8 Å². The topological polar surface area (TPSA) is 28.7 Å². The molecular weight excluding hydrogens is 196 g/mol. The summed E-state index contributed by atoms with van der Waals surface area (Å²) in [5.41, 5.74) is 3.66. The van der Waals surface area contributed by atoms with E-state index < -0.39 is 0 Å². The highest BCUT2D eigenvalue weighted by atomic mass is 14.9. The van der Waals surface area contributed by atoms with E-state index in [0.29, 0.717) is 5.92 Å². The molecule has 0 aliphatic heterocycles. The first-order chi connectivity index (χ1) is 7.39. The molecule has 2 heteroatoms. The number of nitrogens with zero attached hydrogens (tertiary/aromatic N) is 1. The first kappa shape index (κ1) is 11.2. The maximum Gasteiger partial charge on any atom is 0.137 e. The van der Waals surface area contributed by atoms with E-state index in [2.05, 4.69) is 51.7 Å². The first-order valence-corrected chi connectivity index (χ1v) is 5.88. The van der Waals surface area contributed by atoms with Crippen LogP contribution in [0.4, 0.5) is 0 Å². The summed E-state index contributed by atoms with van der Waals surface area (Å²) in [6, 6.07) is 4.35. The highest BCUT2D eigenvalue weighted by Crippen LogP contribution is 2.31. The van der Waals surface area contributed by atoms with E-state index in [0.717, 1.165) is 5.65 Å². The highest BCUT2D eigenvalue weighted by Gasteiger charge is 2.22. The van der Waals surface area contributed by atoms with E-state index in [1.165, 1.54) is 16.6 Å². The van der Waals surface area contributed by atoms with Crippen molar-refractivity contribution >= 4 is 11.0 Å². The molecule has 0 saturated carbocycles. The maximum atomic E-state index is 4.77. The number of aromatic amines is 1. The molecule has 0 radical (unpaired) electrons. The van der Waals surface area contributed by atoms with Gasteiger partial charge >= 0.3 is 0 Å². The van der Waals surface area contributed by atoms with Gasteiger partial charge < -0.3 is 4.98 Å². The van der Waals surface area contributed by atoms with E-state index in [-0.39, 0.29) is 5.41 Å². The van der Waals surface area contributed by atoms with Gasteiger partial charge in [0, 0.05) is 17.0 Å². The molecule has 2 aromatic rings. The van der Waals surface area contributed by atoms with Crippen LogP contribution in [0.3, 0.4) is 0 Å². The fourth-order valence-corrected chi connectivity index (χ4v) is 2.04. The van der Waals surface area contributed by atoms with Crippen LogP contribution in [0, 0.1) is 0 Å². The number of rotatable bonds is 1. The Hall–Kier alpha value is -1.31. The molecule has 2 heterocycles. The van der Waals surface area contributed by atoms with Crippen LogP contribution in [0.15, 0.2) is 18.3 Å². The predicted octanol–water partition coefficient (Wildman–Crippen LogP) is 3.98. The second kappa shape index (κ2) is 3.62. The van der Waals surface area contributed by atoms with Gasteiger partial charge in [0.1, 0.15) is 5.65 Å². The van der Waals surface area contributed by atoms with Crippen LogP contribution < -0.4 is 0 Å². The second-order valence-corrected chi connectivity index (χ2v) is 5.75. The highest BCUT2D eigenvalue weighted by molar-refractivity contribution is 5.76. The quantitative estimate of drug-likeness (QED) is 0.767. The molecule has 0 unspecified atom stereocenters. The summed E-state index contributed by atoms with van der Waals surface area (Å²) in [7, 11) is 0. The largest absolute Gasteiger partial charge is 0.346 e. The summed E-state index contributed by atoms with van der Waals surface area (Å²) >= 11 is 0. The molecular formula is C14H20N2. The Labute approximate surface area is 97.1 Å². The Kier molecular flexibility index (Phi) is 2.53. The molecule has 0 atom stereocenters. The number of hydrogen-bond acceptors (Lipinski definition) is 1. The zero-order valence-electron chi connectivity index (χ0n) is 10.8. The molecule has 0 saturated heterocycles. The van der Waals surface area contributed by atoms with Crippen molar-refractivity contribution in [2.24, 2.45) is 0 Å². The number of H-pyrrole nitrogens is 1. The summed E-state index contributed by atoms with van der Waals surface area (Å²) in [5.74, 6) is 0.515. The summed E-state index contributed by atoms with van der Waals surface area (Å²) < 4.78 is 0. The molecule has 2 aromatic heterocycles. The average molecular weight is 216 g/mol. The third-order valence-electron chi connectivity index (χ3n) is 2.90. The Morgan fingerprint density at radius 2 is 1.94 bits per heavy atom. The Morgan fingerprint density at radius 3 is 2.50 bits per heavy atom. The minimum absolute atomic E-state index is 0.0961. The second-order valence-electron chi connectivity index (χ2n) is 5.75. The van der Waals surface area contributed by atoms with Crippen molar-refractivity contribution < 1.29 is 0 Å². The minimum atomic E-state index is 0.0961. The number of nitrogens with one attached hydrogen (secondary N) is 1. The first-order valence-electron chi connectivity index (χ1n) is 5.88. The van der Waals surface area contributed by atoms with Crippen molar-refractivity contribution in [3.63, 3.8) is 0 Å². The minimum Gasteiger partial charge on any atom is -0.346 e. The summed E-state index contributed by atoms with van der Waals surface area (Å²) in [5, 5.41) is 1.21. The van der Waals surface area contributed by atoms with Crippen LogP contribution in [0.5, 0.6) is 0 Å². The van der Waals surface area contributed by atoms with E-state index in [4.69, 9.17) is 4.98 Å². The van der Waals surface area contributed by atoms with Gasteiger partial charge in [-0.3, -0.25) is 0 Å². The number of pyridine rings is 1. The monoisotopic (exact) mass is 216 g/mol. The Bertz CT molecular complexity index is 501. The maximum absolute atomic E-state index is 4.77. The molecule has 2 nitrogen and oxygen atoms in total.